The minimum absolute atomic E-state index is 0.262. The van der Waals surface area contributed by atoms with Crippen molar-refractivity contribution in [1.29, 1.82) is 0 Å². The largest absolute Gasteiger partial charge is 0.347 e. The zero-order chi connectivity index (χ0) is 13.8. The normalized spacial score (nSPS) is 10.3. The summed E-state index contributed by atoms with van der Waals surface area (Å²) in [6.07, 6.45) is 0. The van der Waals surface area contributed by atoms with Crippen LogP contribution in [-0.4, -0.2) is 29.0 Å². The van der Waals surface area contributed by atoms with Crippen LogP contribution in [-0.2, 0) is 0 Å². The molecule has 0 unspecified atom stereocenters. The molecule has 0 saturated heterocycles. The lowest BCUT2D eigenvalue weighted by molar-refractivity contribution is 0.624. The second-order valence-corrected chi connectivity index (χ2v) is 4.88. The smallest absolute Gasteiger partial charge is 0.242 e. The van der Waals surface area contributed by atoms with Crippen molar-refractivity contribution in [1.82, 2.24) is 15.0 Å². The fourth-order valence-electron chi connectivity index (χ4n) is 1.29. The van der Waals surface area contributed by atoms with E-state index >= 15 is 0 Å². The summed E-state index contributed by atoms with van der Waals surface area (Å²) in [5.41, 5.74) is 2.38. The van der Waals surface area contributed by atoms with Gasteiger partial charge in [-0.3, -0.25) is 5.43 Å². The van der Waals surface area contributed by atoms with Crippen LogP contribution >= 0.6 is 11.8 Å². The standard InChI is InChI=1S/C11H13FN6S/c1-18(2)10-14-9(17-13)15-11(16-10)19-8-5-3-4-7(12)6-8/h3-6H,13H2,1-2H3,(H,14,15,16,17). The van der Waals surface area contributed by atoms with E-state index in [4.69, 9.17) is 5.84 Å². The fraction of sp³-hybridized carbons (Fsp3) is 0.182. The van der Waals surface area contributed by atoms with Gasteiger partial charge < -0.3 is 4.90 Å². The van der Waals surface area contributed by atoms with Gasteiger partial charge >= 0.3 is 0 Å². The van der Waals surface area contributed by atoms with Gasteiger partial charge in [-0.25, -0.2) is 10.2 Å². The molecule has 0 aliphatic rings. The molecule has 19 heavy (non-hydrogen) atoms. The molecule has 0 radical (unpaired) electrons. The van der Waals surface area contributed by atoms with Gasteiger partial charge in [0, 0.05) is 19.0 Å². The van der Waals surface area contributed by atoms with Gasteiger partial charge in [-0.05, 0) is 30.0 Å². The number of hydrogen-bond donors (Lipinski definition) is 2. The molecule has 3 N–H and O–H groups in total. The third kappa shape index (κ3) is 3.52. The Morgan fingerprint density at radius 2 is 2.05 bits per heavy atom. The van der Waals surface area contributed by atoms with Gasteiger partial charge in [0.1, 0.15) is 5.82 Å². The Morgan fingerprint density at radius 1 is 1.26 bits per heavy atom. The molecule has 1 heterocycles. The van der Waals surface area contributed by atoms with Crippen LogP contribution in [0.25, 0.3) is 0 Å². The summed E-state index contributed by atoms with van der Waals surface area (Å²) in [6.45, 7) is 0. The van der Waals surface area contributed by atoms with Crippen molar-refractivity contribution in [2.45, 2.75) is 10.1 Å². The van der Waals surface area contributed by atoms with E-state index in [1.807, 2.05) is 14.1 Å². The van der Waals surface area contributed by atoms with Crippen molar-refractivity contribution in [3.05, 3.63) is 30.1 Å². The fourth-order valence-corrected chi connectivity index (χ4v) is 2.08. The summed E-state index contributed by atoms with van der Waals surface area (Å²) in [5, 5.41) is 0.442. The number of nitrogen functional groups attached to an aromatic ring is 1. The van der Waals surface area contributed by atoms with Gasteiger partial charge in [0.2, 0.25) is 11.9 Å². The molecular weight excluding hydrogens is 267 g/mol. The molecule has 0 spiro atoms. The highest BCUT2D eigenvalue weighted by Crippen LogP contribution is 2.26. The highest BCUT2D eigenvalue weighted by Gasteiger charge is 2.09. The van der Waals surface area contributed by atoms with Gasteiger partial charge in [-0.2, -0.15) is 15.0 Å². The quantitative estimate of drug-likeness (QED) is 0.649. The first-order valence-corrected chi connectivity index (χ1v) is 6.23. The number of aromatic nitrogens is 3. The van der Waals surface area contributed by atoms with Crippen molar-refractivity contribution in [3.8, 4) is 0 Å². The number of benzene rings is 1. The SMILES string of the molecule is CN(C)c1nc(NN)nc(Sc2cccc(F)c2)n1. The van der Waals surface area contributed by atoms with Crippen molar-refractivity contribution in [2.75, 3.05) is 24.4 Å². The van der Waals surface area contributed by atoms with Crippen molar-refractivity contribution in [2.24, 2.45) is 5.84 Å². The van der Waals surface area contributed by atoms with Gasteiger partial charge in [0.05, 0.1) is 0 Å². The highest BCUT2D eigenvalue weighted by molar-refractivity contribution is 7.99. The first-order chi connectivity index (χ1) is 9.08. The second kappa shape index (κ2) is 5.81. The number of rotatable bonds is 4. The van der Waals surface area contributed by atoms with Crippen LogP contribution in [0.15, 0.2) is 34.3 Å². The van der Waals surface area contributed by atoms with Crippen LogP contribution in [0.4, 0.5) is 16.3 Å². The molecule has 8 heteroatoms. The topological polar surface area (TPSA) is 80.0 Å². The average molecular weight is 280 g/mol. The number of nitrogens with one attached hydrogen (secondary N) is 1. The van der Waals surface area contributed by atoms with E-state index in [0.717, 1.165) is 0 Å². The molecule has 0 bridgehead atoms. The summed E-state index contributed by atoms with van der Waals surface area (Å²) in [7, 11) is 3.62. The summed E-state index contributed by atoms with van der Waals surface area (Å²) < 4.78 is 13.1. The summed E-state index contributed by atoms with van der Waals surface area (Å²) >= 11 is 1.24. The van der Waals surface area contributed by atoms with Crippen LogP contribution < -0.4 is 16.2 Å². The van der Waals surface area contributed by atoms with E-state index in [1.54, 1.807) is 17.0 Å². The number of hydrogen-bond acceptors (Lipinski definition) is 7. The molecule has 1 aromatic carbocycles. The minimum atomic E-state index is -0.302. The lowest BCUT2D eigenvalue weighted by atomic mass is 10.4. The maximum Gasteiger partial charge on any atom is 0.242 e. The molecule has 0 aliphatic carbocycles. The Labute approximate surface area is 114 Å². The molecule has 100 valence electrons. The maximum absolute atomic E-state index is 13.1. The zero-order valence-electron chi connectivity index (χ0n) is 10.5. The van der Waals surface area contributed by atoms with Gasteiger partial charge in [0.15, 0.2) is 5.16 Å². The van der Waals surface area contributed by atoms with E-state index in [2.05, 4.69) is 20.4 Å². The van der Waals surface area contributed by atoms with Crippen molar-refractivity contribution < 1.29 is 4.39 Å². The Bertz CT molecular complexity index is 577. The third-order valence-electron chi connectivity index (χ3n) is 2.14. The molecule has 1 aromatic heterocycles. The molecule has 0 aliphatic heterocycles. The van der Waals surface area contributed by atoms with E-state index in [9.17, 15) is 4.39 Å². The number of halogens is 1. The van der Waals surface area contributed by atoms with E-state index in [1.165, 1.54) is 23.9 Å². The lowest BCUT2D eigenvalue weighted by Crippen LogP contribution is -2.17. The first kappa shape index (κ1) is 13.5. The van der Waals surface area contributed by atoms with E-state index in [0.29, 0.717) is 16.0 Å². The van der Waals surface area contributed by atoms with E-state index in [-0.39, 0.29) is 11.8 Å². The molecule has 0 atom stereocenters. The Morgan fingerprint density at radius 3 is 2.68 bits per heavy atom. The number of hydrazine groups is 1. The van der Waals surface area contributed by atoms with E-state index < -0.39 is 0 Å². The van der Waals surface area contributed by atoms with Crippen LogP contribution in [0.1, 0.15) is 0 Å². The molecule has 2 aromatic rings. The predicted molar refractivity (Wildman–Crippen MR) is 72.5 cm³/mol. The first-order valence-electron chi connectivity index (χ1n) is 5.42. The van der Waals surface area contributed by atoms with Crippen LogP contribution in [0, 0.1) is 5.82 Å². The van der Waals surface area contributed by atoms with Crippen molar-refractivity contribution >= 4 is 23.7 Å². The van der Waals surface area contributed by atoms with Crippen LogP contribution in [0.2, 0.25) is 0 Å². The molecular formula is C11H13FN6S. The highest BCUT2D eigenvalue weighted by atomic mass is 32.2. The molecule has 0 saturated carbocycles. The molecule has 0 fully saturated rings. The number of nitrogens with zero attached hydrogens (tertiary/aromatic N) is 4. The molecule has 6 nitrogen and oxygen atoms in total. The third-order valence-corrected chi connectivity index (χ3v) is 2.99. The van der Waals surface area contributed by atoms with Crippen molar-refractivity contribution in [3.63, 3.8) is 0 Å². The maximum atomic E-state index is 13.1. The summed E-state index contributed by atoms with van der Waals surface area (Å²) in [6, 6.07) is 6.21. The van der Waals surface area contributed by atoms with Crippen LogP contribution in [0.5, 0.6) is 0 Å². The minimum Gasteiger partial charge on any atom is -0.347 e. The lowest BCUT2D eigenvalue weighted by Gasteiger charge is -2.12. The number of anilines is 2. The second-order valence-electron chi connectivity index (χ2n) is 3.84. The molecule has 0 amide bonds. The van der Waals surface area contributed by atoms with Crippen LogP contribution in [0.3, 0.4) is 0 Å². The number of nitrogens with two attached hydrogens (primary N) is 1. The molecule has 2 rings (SSSR count). The Balaban J connectivity index is 2.31. The monoisotopic (exact) mass is 280 g/mol. The summed E-state index contributed by atoms with van der Waals surface area (Å²) in [4.78, 5) is 14.9. The van der Waals surface area contributed by atoms with Gasteiger partial charge in [-0.1, -0.05) is 6.07 Å². The Kier molecular flexibility index (Phi) is 4.13. The Hall–Kier alpha value is -1.93. The predicted octanol–water partition coefficient (Wildman–Crippen LogP) is 1.51. The zero-order valence-corrected chi connectivity index (χ0v) is 11.3. The van der Waals surface area contributed by atoms with Gasteiger partial charge in [0.25, 0.3) is 0 Å². The van der Waals surface area contributed by atoms with Gasteiger partial charge in [-0.15, -0.1) is 0 Å². The summed E-state index contributed by atoms with van der Waals surface area (Å²) in [5.74, 6) is 5.75. The average Bonchev–Trinajstić information content (AvgIpc) is 2.38.